The fourth-order valence-corrected chi connectivity index (χ4v) is 2.25. The normalized spacial score (nSPS) is 24.4. The molecule has 0 bridgehead atoms. The molecule has 1 aliphatic heterocycles. The number of nitrogens with zero attached hydrogens (tertiary/aromatic N) is 2. The molecule has 2 heterocycles. The van der Waals surface area contributed by atoms with Crippen LogP contribution < -0.4 is 10.2 Å². The van der Waals surface area contributed by atoms with Gasteiger partial charge in [0.25, 0.3) is 0 Å². The molecule has 2 unspecified atom stereocenters. The van der Waals surface area contributed by atoms with Gasteiger partial charge < -0.3 is 5.32 Å². The molecule has 1 fully saturated rings. The van der Waals surface area contributed by atoms with Crippen molar-refractivity contribution in [3.8, 4) is 0 Å². The lowest BCUT2D eigenvalue weighted by molar-refractivity contribution is -0.122. The molecule has 92 valence electrons. The van der Waals surface area contributed by atoms with Gasteiger partial charge in [-0.1, -0.05) is 13.0 Å². The molecule has 1 amide bonds. The van der Waals surface area contributed by atoms with Crippen LogP contribution in [0.5, 0.6) is 0 Å². The van der Waals surface area contributed by atoms with Crippen LogP contribution in [-0.4, -0.2) is 30.5 Å². The predicted octanol–water partition coefficient (Wildman–Crippen LogP) is 1.43. The Morgan fingerprint density at radius 1 is 1.53 bits per heavy atom. The first-order valence-corrected chi connectivity index (χ1v) is 6.12. The SMILES string of the molecule is CC1CCCNC1C(=O)N(C)c1ccccn1. The van der Waals surface area contributed by atoms with Gasteiger partial charge in [-0.25, -0.2) is 4.98 Å². The summed E-state index contributed by atoms with van der Waals surface area (Å²) in [6, 6.07) is 5.52. The van der Waals surface area contributed by atoms with E-state index in [0.29, 0.717) is 11.7 Å². The average molecular weight is 233 g/mol. The number of piperidine rings is 1. The van der Waals surface area contributed by atoms with Gasteiger partial charge in [0.2, 0.25) is 5.91 Å². The number of carbonyl (C=O) groups excluding carboxylic acids is 1. The monoisotopic (exact) mass is 233 g/mol. The molecule has 4 heteroatoms. The van der Waals surface area contributed by atoms with E-state index in [9.17, 15) is 4.79 Å². The van der Waals surface area contributed by atoms with Crippen LogP contribution >= 0.6 is 0 Å². The number of carbonyl (C=O) groups is 1. The Bertz CT molecular complexity index is 380. The maximum atomic E-state index is 12.3. The van der Waals surface area contributed by atoms with E-state index in [1.165, 1.54) is 0 Å². The van der Waals surface area contributed by atoms with E-state index in [-0.39, 0.29) is 11.9 Å². The molecule has 1 N–H and O–H groups in total. The first kappa shape index (κ1) is 12.0. The summed E-state index contributed by atoms with van der Waals surface area (Å²) in [6.07, 6.45) is 3.97. The summed E-state index contributed by atoms with van der Waals surface area (Å²) < 4.78 is 0. The second-order valence-corrected chi connectivity index (χ2v) is 4.64. The largest absolute Gasteiger partial charge is 0.306 e. The summed E-state index contributed by atoms with van der Waals surface area (Å²) in [5.74, 6) is 1.20. The smallest absolute Gasteiger partial charge is 0.245 e. The molecule has 0 saturated carbocycles. The number of aromatic nitrogens is 1. The first-order valence-electron chi connectivity index (χ1n) is 6.12. The number of nitrogens with one attached hydrogen (secondary N) is 1. The Labute approximate surface area is 102 Å². The van der Waals surface area contributed by atoms with Gasteiger partial charge in [-0.3, -0.25) is 9.69 Å². The van der Waals surface area contributed by atoms with Crippen molar-refractivity contribution in [2.75, 3.05) is 18.5 Å². The summed E-state index contributed by atoms with van der Waals surface area (Å²) in [6.45, 7) is 3.05. The summed E-state index contributed by atoms with van der Waals surface area (Å²) in [4.78, 5) is 18.2. The number of likely N-dealkylation sites (N-methyl/N-ethyl adjacent to an activating group) is 1. The highest BCUT2D eigenvalue weighted by Crippen LogP contribution is 2.19. The Morgan fingerprint density at radius 2 is 2.35 bits per heavy atom. The van der Waals surface area contributed by atoms with E-state index in [1.807, 2.05) is 18.2 Å². The Hall–Kier alpha value is -1.42. The van der Waals surface area contributed by atoms with Crippen LogP contribution in [0.1, 0.15) is 19.8 Å². The van der Waals surface area contributed by atoms with Crippen molar-refractivity contribution in [3.63, 3.8) is 0 Å². The van der Waals surface area contributed by atoms with Crippen molar-refractivity contribution in [2.45, 2.75) is 25.8 Å². The van der Waals surface area contributed by atoms with Crippen LogP contribution in [-0.2, 0) is 4.79 Å². The molecular formula is C13H19N3O. The zero-order valence-electron chi connectivity index (χ0n) is 10.4. The van der Waals surface area contributed by atoms with Crippen molar-refractivity contribution in [1.29, 1.82) is 0 Å². The van der Waals surface area contributed by atoms with Gasteiger partial charge in [-0.05, 0) is 37.4 Å². The summed E-state index contributed by atoms with van der Waals surface area (Å²) in [5.41, 5.74) is 0. The summed E-state index contributed by atoms with van der Waals surface area (Å²) >= 11 is 0. The second-order valence-electron chi connectivity index (χ2n) is 4.64. The third-order valence-electron chi connectivity index (χ3n) is 3.36. The van der Waals surface area contributed by atoms with Crippen molar-refractivity contribution in [3.05, 3.63) is 24.4 Å². The molecule has 0 radical (unpaired) electrons. The maximum Gasteiger partial charge on any atom is 0.245 e. The highest BCUT2D eigenvalue weighted by atomic mass is 16.2. The Balaban J connectivity index is 2.09. The van der Waals surface area contributed by atoms with Gasteiger partial charge in [-0.2, -0.15) is 0 Å². The third kappa shape index (κ3) is 2.64. The molecule has 1 aliphatic rings. The number of hydrogen-bond acceptors (Lipinski definition) is 3. The van der Waals surface area contributed by atoms with Crippen molar-refractivity contribution in [1.82, 2.24) is 10.3 Å². The molecule has 1 aromatic heterocycles. The van der Waals surface area contributed by atoms with Crippen LogP contribution in [0.15, 0.2) is 24.4 Å². The van der Waals surface area contributed by atoms with E-state index in [2.05, 4.69) is 17.2 Å². The minimum absolute atomic E-state index is 0.0734. The molecule has 17 heavy (non-hydrogen) atoms. The van der Waals surface area contributed by atoms with Gasteiger partial charge in [0, 0.05) is 13.2 Å². The summed E-state index contributed by atoms with van der Waals surface area (Å²) in [7, 11) is 1.79. The van der Waals surface area contributed by atoms with E-state index in [4.69, 9.17) is 0 Å². The molecular weight excluding hydrogens is 214 g/mol. The molecule has 0 aliphatic carbocycles. The van der Waals surface area contributed by atoms with Crippen molar-refractivity contribution >= 4 is 11.7 Å². The predicted molar refractivity (Wildman–Crippen MR) is 67.8 cm³/mol. The Morgan fingerprint density at radius 3 is 3.00 bits per heavy atom. The van der Waals surface area contributed by atoms with Crippen LogP contribution in [0.2, 0.25) is 0 Å². The number of pyridine rings is 1. The zero-order valence-corrected chi connectivity index (χ0v) is 10.4. The molecule has 1 saturated heterocycles. The van der Waals surface area contributed by atoms with Crippen molar-refractivity contribution < 1.29 is 4.79 Å². The van der Waals surface area contributed by atoms with Crippen LogP contribution in [0.3, 0.4) is 0 Å². The fraction of sp³-hybridized carbons (Fsp3) is 0.538. The van der Waals surface area contributed by atoms with Gasteiger partial charge in [0.15, 0.2) is 0 Å². The van der Waals surface area contributed by atoms with Crippen LogP contribution in [0.4, 0.5) is 5.82 Å². The number of amides is 1. The van der Waals surface area contributed by atoms with E-state index < -0.39 is 0 Å². The summed E-state index contributed by atoms with van der Waals surface area (Å²) in [5, 5.41) is 3.30. The quantitative estimate of drug-likeness (QED) is 0.840. The first-order chi connectivity index (χ1) is 8.20. The average Bonchev–Trinajstić information content (AvgIpc) is 2.39. The lowest BCUT2D eigenvalue weighted by Crippen LogP contribution is -2.51. The third-order valence-corrected chi connectivity index (χ3v) is 3.36. The van der Waals surface area contributed by atoms with E-state index in [1.54, 1.807) is 18.1 Å². The maximum absolute atomic E-state index is 12.3. The van der Waals surface area contributed by atoms with Crippen LogP contribution in [0.25, 0.3) is 0 Å². The van der Waals surface area contributed by atoms with Gasteiger partial charge >= 0.3 is 0 Å². The highest BCUT2D eigenvalue weighted by Gasteiger charge is 2.30. The lowest BCUT2D eigenvalue weighted by atomic mass is 9.92. The Kier molecular flexibility index (Phi) is 3.74. The van der Waals surface area contributed by atoms with E-state index >= 15 is 0 Å². The second kappa shape index (κ2) is 5.27. The van der Waals surface area contributed by atoms with Crippen LogP contribution in [0, 0.1) is 5.92 Å². The molecule has 0 spiro atoms. The number of rotatable bonds is 2. The van der Waals surface area contributed by atoms with Crippen molar-refractivity contribution in [2.24, 2.45) is 5.92 Å². The molecule has 4 nitrogen and oxygen atoms in total. The molecule has 1 aromatic rings. The number of anilines is 1. The lowest BCUT2D eigenvalue weighted by Gasteiger charge is -2.31. The standard InChI is InChI=1S/C13H19N3O/c1-10-6-5-9-15-12(10)13(17)16(2)11-7-3-4-8-14-11/h3-4,7-8,10,12,15H,5-6,9H2,1-2H3. The zero-order chi connectivity index (χ0) is 12.3. The van der Waals surface area contributed by atoms with Gasteiger partial charge in [-0.15, -0.1) is 0 Å². The van der Waals surface area contributed by atoms with E-state index in [0.717, 1.165) is 19.4 Å². The topological polar surface area (TPSA) is 45.2 Å². The highest BCUT2D eigenvalue weighted by molar-refractivity contribution is 5.96. The fourth-order valence-electron chi connectivity index (χ4n) is 2.25. The molecule has 2 rings (SSSR count). The van der Waals surface area contributed by atoms with Gasteiger partial charge in [0.05, 0.1) is 6.04 Å². The minimum Gasteiger partial charge on any atom is -0.306 e. The van der Waals surface area contributed by atoms with Gasteiger partial charge in [0.1, 0.15) is 5.82 Å². The molecule has 2 atom stereocenters. The number of hydrogen-bond donors (Lipinski definition) is 1. The molecule has 0 aromatic carbocycles. The minimum atomic E-state index is -0.0734.